The molecule has 1 aliphatic rings. The van der Waals surface area contributed by atoms with Gasteiger partial charge in [-0.1, -0.05) is 13.8 Å². The Morgan fingerprint density at radius 3 is 2.47 bits per heavy atom. The monoisotopic (exact) mass is 277 g/mol. The first-order valence-corrected chi connectivity index (χ1v) is 7.02. The van der Waals surface area contributed by atoms with Crippen LogP contribution in [0, 0.1) is 11.3 Å². The Labute approximate surface area is 113 Å². The van der Waals surface area contributed by atoms with Gasteiger partial charge in [0.05, 0.1) is 0 Å². The Balaban J connectivity index is 2.19. The maximum atomic E-state index is 13.0. The second-order valence-electron chi connectivity index (χ2n) is 6.35. The third kappa shape index (κ3) is 5.85. The Morgan fingerprint density at radius 2 is 1.95 bits per heavy atom. The van der Waals surface area contributed by atoms with Crippen LogP contribution in [0.15, 0.2) is 0 Å². The zero-order chi connectivity index (χ0) is 14.5. The SMILES string of the molecule is CC(C)(CO)CCCNC(=O)C1CCC(F)(F)CC1. The van der Waals surface area contributed by atoms with E-state index in [1.165, 1.54) is 0 Å². The van der Waals surface area contributed by atoms with Crippen LogP contribution in [0.4, 0.5) is 8.78 Å². The summed E-state index contributed by atoms with van der Waals surface area (Å²) < 4.78 is 25.9. The summed E-state index contributed by atoms with van der Waals surface area (Å²) >= 11 is 0. The van der Waals surface area contributed by atoms with E-state index in [-0.39, 0.29) is 49.5 Å². The molecular weight excluding hydrogens is 252 g/mol. The number of hydrogen-bond donors (Lipinski definition) is 2. The molecule has 0 aromatic rings. The van der Waals surface area contributed by atoms with Gasteiger partial charge in [-0.05, 0) is 31.1 Å². The van der Waals surface area contributed by atoms with Crippen molar-refractivity contribution < 1.29 is 18.7 Å². The van der Waals surface area contributed by atoms with Crippen molar-refractivity contribution in [2.24, 2.45) is 11.3 Å². The van der Waals surface area contributed by atoms with Gasteiger partial charge < -0.3 is 10.4 Å². The third-order valence-corrected chi connectivity index (χ3v) is 3.85. The lowest BCUT2D eigenvalue weighted by Crippen LogP contribution is -2.36. The van der Waals surface area contributed by atoms with E-state index in [2.05, 4.69) is 5.32 Å². The molecular formula is C14H25F2NO2. The van der Waals surface area contributed by atoms with Crippen molar-refractivity contribution in [2.45, 2.75) is 58.3 Å². The van der Waals surface area contributed by atoms with E-state index in [0.29, 0.717) is 6.54 Å². The van der Waals surface area contributed by atoms with Crippen LogP contribution >= 0.6 is 0 Å². The van der Waals surface area contributed by atoms with Crippen LogP contribution in [-0.2, 0) is 4.79 Å². The van der Waals surface area contributed by atoms with Gasteiger partial charge in [0.1, 0.15) is 0 Å². The molecule has 3 nitrogen and oxygen atoms in total. The molecule has 19 heavy (non-hydrogen) atoms. The minimum absolute atomic E-state index is 0.0997. The third-order valence-electron chi connectivity index (χ3n) is 3.85. The van der Waals surface area contributed by atoms with E-state index in [0.717, 1.165) is 12.8 Å². The summed E-state index contributed by atoms with van der Waals surface area (Å²) in [6, 6.07) is 0. The van der Waals surface area contributed by atoms with Crippen molar-refractivity contribution in [3.05, 3.63) is 0 Å². The van der Waals surface area contributed by atoms with Crippen molar-refractivity contribution in [3.63, 3.8) is 0 Å². The Hall–Kier alpha value is -0.710. The first kappa shape index (κ1) is 16.3. The van der Waals surface area contributed by atoms with Crippen molar-refractivity contribution in [1.29, 1.82) is 0 Å². The average Bonchev–Trinajstić information content (AvgIpc) is 2.34. The van der Waals surface area contributed by atoms with E-state index in [1.54, 1.807) is 0 Å². The fraction of sp³-hybridized carbons (Fsp3) is 0.929. The maximum Gasteiger partial charge on any atom is 0.248 e. The topological polar surface area (TPSA) is 49.3 Å². The predicted molar refractivity (Wildman–Crippen MR) is 70.0 cm³/mol. The average molecular weight is 277 g/mol. The summed E-state index contributed by atoms with van der Waals surface area (Å²) in [6.45, 7) is 4.61. The van der Waals surface area contributed by atoms with E-state index in [1.807, 2.05) is 13.8 Å². The molecule has 0 spiro atoms. The minimum Gasteiger partial charge on any atom is -0.396 e. The van der Waals surface area contributed by atoms with Gasteiger partial charge >= 0.3 is 0 Å². The first-order chi connectivity index (χ1) is 8.76. The maximum absolute atomic E-state index is 13.0. The summed E-state index contributed by atoms with van der Waals surface area (Å²) in [4.78, 5) is 11.8. The van der Waals surface area contributed by atoms with Crippen LogP contribution < -0.4 is 5.32 Å². The van der Waals surface area contributed by atoms with E-state index >= 15 is 0 Å². The molecule has 0 saturated heterocycles. The second-order valence-corrected chi connectivity index (χ2v) is 6.35. The highest BCUT2D eigenvalue weighted by atomic mass is 19.3. The Bertz CT molecular complexity index is 296. The summed E-state index contributed by atoms with van der Waals surface area (Å²) in [5, 5.41) is 11.9. The summed E-state index contributed by atoms with van der Waals surface area (Å²) in [5.41, 5.74) is -0.127. The molecule has 1 aliphatic carbocycles. The second kappa shape index (κ2) is 6.64. The highest BCUT2D eigenvalue weighted by Crippen LogP contribution is 2.36. The number of rotatable bonds is 6. The summed E-state index contributed by atoms with van der Waals surface area (Å²) in [7, 11) is 0. The Morgan fingerprint density at radius 1 is 1.37 bits per heavy atom. The predicted octanol–water partition coefficient (Wildman–Crippen LogP) is 2.73. The molecule has 1 rings (SSSR count). The van der Waals surface area contributed by atoms with Crippen molar-refractivity contribution in [3.8, 4) is 0 Å². The Kier molecular flexibility index (Phi) is 5.71. The fourth-order valence-corrected chi connectivity index (χ4v) is 2.30. The standard InChI is InChI=1S/C14H25F2NO2/c1-13(2,10-18)6-3-9-17-12(19)11-4-7-14(15,16)8-5-11/h11,18H,3-10H2,1-2H3,(H,17,19). The number of hydrogen-bond acceptors (Lipinski definition) is 2. The number of halogens is 2. The molecule has 2 N–H and O–H groups in total. The number of aliphatic hydroxyl groups excluding tert-OH is 1. The lowest BCUT2D eigenvalue weighted by atomic mass is 9.86. The number of aliphatic hydroxyl groups is 1. The van der Waals surface area contributed by atoms with E-state index in [4.69, 9.17) is 5.11 Å². The first-order valence-electron chi connectivity index (χ1n) is 7.02. The smallest absolute Gasteiger partial charge is 0.248 e. The van der Waals surface area contributed by atoms with Crippen LogP contribution in [0.1, 0.15) is 52.4 Å². The minimum atomic E-state index is -2.58. The highest BCUT2D eigenvalue weighted by molar-refractivity contribution is 5.78. The van der Waals surface area contributed by atoms with Crippen LogP contribution in [-0.4, -0.2) is 30.1 Å². The van der Waals surface area contributed by atoms with Gasteiger partial charge in [-0.3, -0.25) is 4.79 Å². The zero-order valence-electron chi connectivity index (χ0n) is 11.8. The zero-order valence-corrected chi connectivity index (χ0v) is 11.8. The van der Waals surface area contributed by atoms with Gasteiger partial charge in [0.15, 0.2) is 0 Å². The molecule has 1 amide bonds. The van der Waals surface area contributed by atoms with Gasteiger partial charge in [-0.25, -0.2) is 8.78 Å². The molecule has 5 heteroatoms. The van der Waals surface area contributed by atoms with Crippen LogP contribution in [0.25, 0.3) is 0 Å². The number of carbonyl (C=O) groups is 1. The van der Waals surface area contributed by atoms with Crippen molar-refractivity contribution in [1.82, 2.24) is 5.32 Å². The van der Waals surface area contributed by atoms with Gasteiger partial charge in [0.2, 0.25) is 11.8 Å². The highest BCUT2D eigenvalue weighted by Gasteiger charge is 2.37. The summed E-state index contributed by atoms with van der Waals surface area (Å²) in [5.74, 6) is -2.94. The van der Waals surface area contributed by atoms with Crippen LogP contribution in [0.2, 0.25) is 0 Å². The van der Waals surface area contributed by atoms with Gasteiger partial charge in [0.25, 0.3) is 0 Å². The lowest BCUT2D eigenvalue weighted by molar-refractivity contribution is -0.129. The van der Waals surface area contributed by atoms with E-state index in [9.17, 15) is 13.6 Å². The molecule has 0 radical (unpaired) electrons. The quantitative estimate of drug-likeness (QED) is 0.733. The van der Waals surface area contributed by atoms with Crippen molar-refractivity contribution in [2.75, 3.05) is 13.2 Å². The molecule has 0 heterocycles. The van der Waals surface area contributed by atoms with Gasteiger partial charge in [0, 0.05) is 31.9 Å². The molecule has 0 aromatic heterocycles. The van der Waals surface area contributed by atoms with Crippen LogP contribution in [0.3, 0.4) is 0 Å². The number of nitrogens with one attached hydrogen (secondary N) is 1. The number of carbonyl (C=O) groups excluding carboxylic acids is 1. The largest absolute Gasteiger partial charge is 0.396 e. The molecule has 0 bridgehead atoms. The molecule has 0 unspecified atom stereocenters. The van der Waals surface area contributed by atoms with E-state index < -0.39 is 5.92 Å². The molecule has 0 aromatic carbocycles. The molecule has 0 atom stereocenters. The molecule has 1 saturated carbocycles. The van der Waals surface area contributed by atoms with Crippen molar-refractivity contribution >= 4 is 5.91 Å². The lowest BCUT2D eigenvalue weighted by Gasteiger charge is -2.27. The fourth-order valence-electron chi connectivity index (χ4n) is 2.30. The van der Waals surface area contributed by atoms with Crippen LogP contribution in [0.5, 0.6) is 0 Å². The molecule has 112 valence electrons. The number of amides is 1. The molecule has 0 aliphatic heterocycles. The summed E-state index contributed by atoms with van der Waals surface area (Å²) in [6.07, 6.45) is 1.82. The molecule has 1 fully saturated rings. The van der Waals surface area contributed by atoms with Gasteiger partial charge in [-0.2, -0.15) is 0 Å². The van der Waals surface area contributed by atoms with Gasteiger partial charge in [-0.15, -0.1) is 0 Å². The normalized spacial score (nSPS) is 20.3. The number of alkyl halides is 2.